The SMILES string of the molecule is O=C1NCc2cc(-c3cnc(N(c4ccccc4)N4CCOCC4)c4nccn34)sc21. The topological polar surface area (TPSA) is 75.0 Å². The summed E-state index contributed by atoms with van der Waals surface area (Å²) in [6.07, 6.45) is 5.61. The quantitative estimate of drug-likeness (QED) is 0.534. The van der Waals surface area contributed by atoms with Crippen LogP contribution in [0.1, 0.15) is 15.2 Å². The number of fused-ring (bicyclic) bond motifs is 2. The van der Waals surface area contributed by atoms with E-state index < -0.39 is 0 Å². The van der Waals surface area contributed by atoms with Gasteiger partial charge in [0.15, 0.2) is 11.5 Å². The highest BCUT2D eigenvalue weighted by Gasteiger charge is 2.27. The monoisotopic (exact) mass is 432 g/mol. The van der Waals surface area contributed by atoms with Gasteiger partial charge < -0.3 is 10.1 Å². The number of para-hydroxylation sites is 1. The number of carbonyl (C=O) groups is 1. The third-order valence-corrected chi connectivity index (χ3v) is 6.79. The van der Waals surface area contributed by atoms with Crippen molar-refractivity contribution in [1.82, 2.24) is 24.7 Å². The lowest BCUT2D eigenvalue weighted by atomic mass is 10.2. The second-order valence-electron chi connectivity index (χ2n) is 7.45. The molecule has 2 aliphatic heterocycles. The van der Waals surface area contributed by atoms with Crippen LogP contribution < -0.4 is 10.3 Å². The molecule has 2 aliphatic rings. The molecule has 0 saturated carbocycles. The van der Waals surface area contributed by atoms with Gasteiger partial charge in [0.25, 0.3) is 5.91 Å². The maximum Gasteiger partial charge on any atom is 0.261 e. The Bertz CT molecular complexity index is 1260. The molecule has 0 unspecified atom stereocenters. The summed E-state index contributed by atoms with van der Waals surface area (Å²) in [5, 5.41) is 7.25. The van der Waals surface area contributed by atoms with Crippen LogP contribution in [-0.4, -0.2) is 51.6 Å². The average molecular weight is 433 g/mol. The molecular formula is C22H20N6O2S. The van der Waals surface area contributed by atoms with Crippen LogP contribution in [0.3, 0.4) is 0 Å². The molecule has 0 radical (unpaired) electrons. The van der Waals surface area contributed by atoms with Crippen molar-refractivity contribution in [3.05, 3.63) is 65.4 Å². The van der Waals surface area contributed by atoms with E-state index in [1.165, 1.54) is 11.3 Å². The molecule has 1 amide bonds. The van der Waals surface area contributed by atoms with Crippen molar-refractivity contribution < 1.29 is 9.53 Å². The minimum absolute atomic E-state index is 0.000254. The number of hydrogen-bond acceptors (Lipinski definition) is 7. The van der Waals surface area contributed by atoms with E-state index in [4.69, 9.17) is 9.72 Å². The van der Waals surface area contributed by atoms with Crippen molar-refractivity contribution in [3.63, 3.8) is 0 Å². The molecular weight excluding hydrogens is 412 g/mol. The second kappa shape index (κ2) is 7.45. The molecule has 8 nitrogen and oxygen atoms in total. The Kier molecular flexibility index (Phi) is 4.45. The molecule has 0 bridgehead atoms. The van der Waals surface area contributed by atoms with Gasteiger partial charge in [-0.2, -0.15) is 0 Å². The number of nitrogens with zero attached hydrogens (tertiary/aromatic N) is 5. The maximum atomic E-state index is 12.0. The smallest absolute Gasteiger partial charge is 0.261 e. The van der Waals surface area contributed by atoms with Gasteiger partial charge >= 0.3 is 0 Å². The minimum atomic E-state index is 0.000254. The predicted molar refractivity (Wildman–Crippen MR) is 118 cm³/mol. The van der Waals surface area contributed by atoms with Gasteiger partial charge in [0.1, 0.15) is 0 Å². The molecule has 156 valence electrons. The lowest BCUT2D eigenvalue weighted by Crippen LogP contribution is -2.47. The average Bonchev–Trinajstić information content (AvgIpc) is 3.54. The number of morpholine rings is 1. The van der Waals surface area contributed by atoms with Crippen molar-refractivity contribution in [2.24, 2.45) is 0 Å². The summed E-state index contributed by atoms with van der Waals surface area (Å²) < 4.78 is 7.62. The first kappa shape index (κ1) is 18.5. The van der Waals surface area contributed by atoms with Crippen LogP contribution in [0.5, 0.6) is 0 Å². The number of ether oxygens (including phenoxy) is 1. The third kappa shape index (κ3) is 3.09. The number of benzene rings is 1. The molecule has 0 aliphatic carbocycles. The predicted octanol–water partition coefficient (Wildman–Crippen LogP) is 3.09. The Morgan fingerprint density at radius 1 is 1.13 bits per heavy atom. The van der Waals surface area contributed by atoms with Gasteiger partial charge in [-0.25, -0.2) is 15.0 Å². The van der Waals surface area contributed by atoms with Crippen LogP contribution in [0.25, 0.3) is 16.2 Å². The minimum Gasteiger partial charge on any atom is -0.379 e. The highest BCUT2D eigenvalue weighted by atomic mass is 32.1. The van der Waals surface area contributed by atoms with E-state index in [-0.39, 0.29) is 5.91 Å². The van der Waals surface area contributed by atoms with Gasteiger partial charge in [-0.3, -0.25) is 14.2 Å². The Morgan fingerprint density at radius 2 is 1.97 bits per heavy atom. The van der Waals surface area contributed by atoms with Gasteiger partial charge in [-0.05, 0) is 23.8 Å². The summed E-state index contributed by atoms with van der Waals surface area (Å²) in [5.74, 6) is 0.768. The number of amides is 1. The summed E-state index contributed by atoms with van der Waals surface area (Å²) in [6, 6.07) is 12.3. The molecule has 9 heteroatoms. The molecule has 6 rings (SSSR count). The van der Waals surface area contributed by atoms with E-state index in [2.05, 4.69) is 42.9 Å². The fourth-order valence-corrected chi connectivity index (χ4v) is 5.22. The Morgan fingerprint density at radius 3 is 2.77 bits per heavy atom. The fraction of sp³-hybridized carbons (Fsp3) is 0.227. The van der Waals surface area contributed by atoms with Crippen LogP contribution in [-0.2, 0) is 11.3 Å². The molecule has 5 heterocycles. The first-order valence-corrected chi connectivity index (χ1v) is 11.0. The van der Waals surface area contributed by atoms with Gasteiger partial charge in [-0.1, -0.05) is 18.2 Å². The van der Waals surface area contributed by atoms with E-state index in [1.54, 1.807) is 6.20 Å². The number of hydrazine groups is 1. The van der Waals surface area contributed by atoms with E-state index in [1.807, 2.05) is 30.6 Å². The largest absolute Gasteiger partial charge is 0.379 e. The van der Waals surface area contributed by atoms with Crippen molar-refractivity contribution in [2.75, 3.05) is 31.3 Å². The zero-order valence-corrected chi connectivity index (χ0v) is 17.5. The van der Waals surface area contributed by atoms with Gasteiger partial charge in [0.2, 0.25) is 0 Å². The maximum absolute atomic E-state index is 12.0. The molecule has 1 aromatic carbocycles. The zero-order valence-electron chi connectivity index (χ0n) is 16.7. The van der Waals surface area contributed by atoms with Crippen LogP contribution in [0.4, 0.5) is 11.5 Å². The highest BCUT2D eigenvalue weighted by molar-refractivity contribution is 7.17. The normalized spacial score (nSPS) is 16.5. The Balaban J connectivity index is 1.48. The van der Waals surface area contributed by atoms with Crippen molar-refractivity contribution in [3.8, 4) is 10.6 Å². The molecule has 31 heavy (non-hydrogen) atoms. The van der Waals surface area contributed by atoms with E-state index >= 15 is 0 Å². The fourth-order valence-electron chi connectivity index (χ4n) is 4.11. The lowest BCUT2D eigenvalue weighted by molar-refractivity contribution is 0.0376. The van der Waals surface area contributed by atoms with Crippen molar-refractivity contribution in [1.29, 1.82) is 0 Å². The molecule has 0 spiro atoms. The highest BCUT2D eigenvalue weighted by Crippen LogP contribution is 2.36. The van der Waals surface area contributed by atoms with Gasteiger partial charge in [-0.15, -0.1) is 11.3 Å². The Labute approximate surface area is 182 Å². The van der Waals surface area contributed by atoms with E-state index in [0.717, 1.165) is 51.3 Å². The van der Waals surface area contributed by atoms with Crippen LogP contribution in [0.15, 0.2) is 55.0 Å². The summed E-state index contributed by atoms with van der Waals surface area (Å²) in [4.78, 5) is 23.4. The number of thiophene rings is 1. The molecule has 1 fully saturated rings. The van der Waals surface area contributed by atoms with E-state index in [9.17, 15) is 4.79 Å². The molecule has 1 saturated heterocycles. The summed E-state index contributed by atoms with van der Waals surface area (Å²) in [7, 11) is 0. The zero-order chi connectivity index (χ0) is 20.8. The molecule has 3 aromatic heterocycles. The molecule has 1 N–H and O–H groups in total. The second-order valence-corrected chi connectivity index (χ2v) is 8.50. The van der Waals surface area contributed by atoms with Crippen LogP contribution in [0, 0.1) is 0 Å². The lowest BCUT2D eigenvalue weighted by Gasteiger charge is -2.38. The number of carbonyl (C=O) groups excluding carboxylic acids is 1. The van der Waals surface area contributed by atoms with Crippen molar-refractivity contribution in [2.45, 2.75) is 6.54 Å². The number of imidazole rings is 1. The number of rotatable bonds is 4. The number of nitrogens with one attached hydrogen (secondary N) is 1. The van der Waals surface area contributed by atoms with E-state index in [0.29, 0.717) is 19.8 Å². The molecule has 0 atom stereocenters. The van der Waals surface area contributed by atoms with Gasteiger partial charge in [0.05, 0.1) is 40.5 Å². The third-order valence-electron chi connectivity index (χ3n) is 5.59. The first-order valence-electron chi connectivity index (χ1n) is 10.2. The summed E-state index contributed by atoms with van der Waals surface area (Å²) in [5.41, 5.74) is 3.77. The number of hydrogen-bond donors (Lipinski definition) is 1. The summed E-state index contributed by atoms with van der Waals surface area (Å²) >= 11 is 1.50. The first-order chi connectivity index (χ1) is 15.3. The van der Waals surface area contributed by atoms with Crippen LogP contribution in [0.2, 0.25) is 0 Å². The summed E-state index contributed by atoms with van der Waals surface area (Å²) in [6.45, 7) is 3.49. The standard InChI is InChI=1S/C22H20N6O2S/c29-22-19-15(13-25-22)12-18(31-19)17-14-24-21(20-23-6-7-27(17)20)28(16-4-2-1-3-5-16)26-8-10-30-11-9-26/h1-7,12,14H,8-11,13H2,(H,25,29). The van der Waals surface area contributed by atoms with Crippen LogP contribution >= 0.6 is 11.3 Å². The Hall–Kier alpha value is -3.27. The number of anilines is 2. The van der Waals surface area contributed by atoms with Crippen molar-refractivity contribution >= 4 is 34.4 Å². The van der Waals surface area contributed by atoms with Gasteiger partial charge in [0, 0.05) is 32.0 Å². The molecule has 4 aromatic rings. The number of aromatic nitrogens is 3.